The molecule has 0 spiro atoms. The van der Waals surface area contributed by atoms with Crippen LogP contribution in [0, 0.1) is 0 Å². The number of rotatable bonds is 3. The Kier molecular flexibility index (Phi) is 2.49. The summed E-state index contributed by atoms with van der Waals surface area (Å²) in [7, 11) is 1.42. The fraction of sp³-hybridized carbons (Fsp3) is 0.900. The van der Waals surface area contributed by atoms with Crippen molar-refractivity contribution in [3.05, 3.63) is 0 Å². The zero-order valence-corrected chi connectivity index (χ0v) is 8.66. The van der Waals surface area contributed by atoms with E-state index in [1.807, 2.05) is 0 Å². The minimum absolute atomic E-state index is 0.190. The first-order valence-electron chi connectivity index (χ1n) is 5.23. The van der Waals surface area contributed by atoms with E-state index in [0.717, 1.165) is 25.6 Å². The minimum atomic E-state index is -0.338. The molecule has 1 heterocycles. The van der Waals surface area contributed by atoms with Crippen molar-refractivity contribution >= 4 is 5.97 Å². The maximum Gasteiger partial charge on any atom is 0.307 e. The standard InChI is InChI=1S/C10H18N2O2/c1-14-9(13)6-10(11)4-5-12(7-10)8-2-3-8/h8H,2-7,11H2,1H3. The molecule has 1 unspecified atom stereocenters. The van der Waals surface area contributed by atoms with Crippen molar-refractivity contribution in [1.82, 2.24) is 4.90 Å². The Hall–Kier alpha value is -0.610. The topological polar surface area (TPSA) is 55.6 Å². The summed E-state index contributed by atoms with van der Waals surface area (Å²) >= 11 is 0. The lowest BCUT2D eigenvalue weighted by atomic mass is 9.96. The zero-order chi connectivity index (χ0) is 10.2. The predicted molar refractivity (Wildman–Crippen MR) is 52.8 cm³/mol. The van der Waals surface area contributed by atoms with Crippen molar-refractivity contribution in [3.63, 3.8) is 0 Å². The number of ether oxygens (including phenoxy) is 1. The van der Waals surface area contributed by atoms with Crippen LogP contribution in [-0.4, -0.2) is 42.6 Å². The van der Waals surface area contributed by atoms with Crippen LogP contribution in [0.1, 0.15) is 25.7 Å². The van der Waals surface area contributed by atoms with Crippen LogP contribution in [0.2, 0.25) is 0 Å². The Morgan fingerprint density at radius 2 is 2.36 bits per heavy atom. The van der Waals surface area contributed by atoms with Crippen LogP contribution in [0.3, 0.4) is 0 Å². The van der Waals surface area contributed by atoms with E-state index in [1.54, 1.807) is 0 Å². The molecule has 2 N–H and O–H groups in total. The summed E-state index contributed by atoms with van der Waals surface area (Å²) in [6, 6.07) is 0.748. The van der Waals surface area contributed by atoms with Crippen LogP contribution in [-0.2, 0) is 9.53 Å². The zero-order valence-electron chi connectivity index (χ0n) is 8.66. The first-order valence-corrected chi connectivity index (χ1v) is 5.23. The Bertz CT molecular complexity index is 240. The molecule has 0 bridgehead atoms. The molecule has 2 aliphatic rings. The number of hydrogen-bond donors (Lipinski definition) is 1. The van der Waals surface area contributed by atoms with Crippen LogP contribution < -0.4 is 5.73 Å². The smallest absolute Gasteiger partial charge is 0.307 e. The quantitative estimate of drug-likeness (QED) is 0.654. The highest BCUT2D eigenvalue weighted by molar-refractivity contribution is 5.70. The Balaban J connectivity index is 1.87. The van der Waals surface area contributed by atoms with Crippen LogP contribution in [0.15, 0.2) is 0 Å². The molecule has 1 atom stereocenters. The molecule has 80 valence electrons. The predicted octanol–water partition coefficient (Wildman–Crippen LogP) is 0.115. The lowest BCUT2D eigenvalue weighted by Gasteiger charge is -2.23. The van der Waals surface area contributed by atoms with Crippen LogP contribution >= 0.6 is 0 Å². The average molecular weight is 198 g/mol. The van der Waals surface area contributed by atoms with Gasteiger partial charge in [-0.1, -0.05) is 0 Å². The third-order valence-electron chi connectivity index (χ3n) is 3.20. The van der Waals surface area contributed by atoms with E-state index in [2.05, 4.69) is 9.64 Å². The molecule has 0 aromatic heterocycles. The van der Waals surface area contributed by atoms with Gasteiger partial charge in [-0.05, 0) is 19.3 Å². The highest BCUT2D eigenvalue weighted by atomic mass is 16.5. The van der Waals surface area contributed by atoms with E-state index >= 15 is 0 Å². The van der Waals surface area contributed by atoms with Gasteiger partial charge in [-0.25, -0.2) is 0 Å². The molecule has 1 aliphatic carbocycles. The van der Waals surface area contributed by atoms with E-state index in [0.29, 0.717) is 6.42 Å². The molecule has 0 aromatic carbocycles. The molecule has 0 aromatic rings. The monoisotopic (exact) mass is 198 g/mol. The normalized spacial score (nSPS) is 33.3. The van der Waals surface area contributed by atoms with E-state index < -0.39 is 0 Å². The summed E-state index contributed by atoms with van der Waals surface area (Å²) in [5.41, 5.74) is 5.81. The highest BCUT2D eigenvalue weighted by Gasteiger charge is 2.41. The van der Waals surface area contributed by atoms with Crippen LogP contribution in [0.25, 0.3) is 0 Å². The van der Waals surface area contributed by atoms with Crippen molar-refractivity contribution in [3.8, 4) is 0 Å². The molecule has 4 nitrogen and oxygen atoms in total. The Morgan fingerprint density at radius 3 is 2.93 bits per heavy atom. The maximum atomic E-state index is 11.1. The summed E-state index contributed by atoms with van der Waals surface area (Å²) in [5.74, 6) is -0.190. The lowest BCUT2D eigenvalue weighted by molar-refractivity contribution is -0.141. The summed E-state index contributed by atoms with van der Waals surface area (Å²) < 4.78 is 4.65. The van der Waals surface area contributed by atoms with Gasteiger partial charge in [0.15, 0.2) is 0 Å². The van der Waals surface area contributed by atoms with Gasteiger partial charge in [0.05, 0.1) is 13.5 Å². The van der Waals surface area contributed by atoms with Gasteiger partial charge in [-0.3, -0.25) is 9.69 Å². The molecule has 4 heteroatoms. The molecular weight excluding hydrogens is 180 g/mol. The second-order valence-electron chi connectivity index (χ2n) is 4.57. The number of nitrogens with zero attached hydrogens (tertiary/aromatic N) is 1. The van der Waals surface area contributed by atoms with Gasteiger partial charge in [-0.15, -0.1) is 0 Å². The number of carbonyl (C=O) groups is 1. The molecule has 1 aliphatic heterocycles. The van der Waals surface area contributed by atoms with E-state index in [-0.39, 0.29) is 11.5 Å². The average Bonchev–Trinajstić information content (AvgIpc) is 2.91. The van der Waals surface area contributed by atoms with Crippen molar-refractivity contribution in [1.29, 1.82) is 0 Å². The van der Waals surface area contributed by atoms with E-state index in [1.165, 1.54) is 20.0 Å². The van der Waals surface area contributed by atoms with Crippen LogP contribution in [0.4, 0.5) is 0 Å². The van der Waals surface area contributed by atoms with Gasteiger partial charge in [0.1, 0.15) is 0 Å². The molecule has 0 amide bonds. The SMILES string of the molecule is COC(=O)CC1(N)CCN(C2CC2)C1. The van der Waals surface area contributed by atoms with Crippen molar-refractivity contribution in [2.75, 3.05) is 20.2 Å². The number of likely N-dealkylation sites (tertiary alicyclic amines) is 1. The molecule has 2 fully saturated rings. The Morgan fingerprint density at radius 1 is 1.64 bits per heavy atom. The maximum absolute atomic E-state index is 11.1. The van der Waals surface area contributed by atoms with Crippen molar-refractivity contribution in [2.24, 2.45) is 5.73 Å². The number of nitrogens with two attached hydrogens (primary N) is 1. The largest absolute Gasteiger partial charge is 0.469 e. The fourth-order valence-corrected chi connectivity index (χ4v) is 2.18. The van der Waals surface area contributed by atoms with Gasteiger partial charge in [0.25, 0.3) is 0 Å². The van der Waals surface area contributed by atoms with Crippen LogP contribution in [0.5, 0.6) is 0 Å². The van der Waals surface area contributed by atoms with Crippen molar-refractivity contribution in [2.45, 2.75) is 37.3 Å². The van der Waals surface area contributed by atoms with Gasteiger partial charge in [0, 0.05) is 24.7 Å². The number of methoxy groups -OCH3 is 1. The van der Waals surface area contributed by atoms with E-state index in [9.17, 15) is 4.79 Å². The fourth-order valence-electron chi connectivity index (χ4n) is 2.18. The number of carbonyl (C=O) groups excluding carboxylic acids is 1. The summed E-state index contributed by atoms with van der Waals surface area (Å²) in [6.07, 6.45) is 3.87. The van der Waals surface area contributed by atoms with Gasteiger partial charge < -0.3 is 10.5 Å². The number of esters is 1. The van der Waals surface area contributed by atoms with Gasteiger partial charge in [0.2, 0.25) is 0 Å². The Labute approximate surface area is 84.4 Å². The number of hydrogen-bond acceptors (Lipinski definition) is 4. The molecule has 2 rings (SSSR count). The molecule has 14 heavy (non-hydrogen) atoms. The molecule has 1 saturated carbocycles. The summed E-state index contributed by atoms with van der Waals surface area (Å²) in [5, 5.41) is 0. The second-order valence-corrected chi connectivity index (χ2v) is 4.57. The van der Waals surface area contributed by atoms with Crippen molar-refractivity contribution < 1.29 is 9.53 Å². The first-order chi connectivity index (χ1) is 6.63. The third-order valence-corrected chi connectivity index (χ3v) is 3.20. The van der Waals surface area contributed by atoms with Gasteiger partial charge >= 0.3 is 5.97 Å². The second kappa shape index (κ2) is 3.51. The lowest BCUT2D eigenvalue weighted by Crippen LogP contribution is -2.45. The molecule has 1 saturated heterocycles. The van der Waals surface area contributed by atoms with Gasteiger partial charge in [-0.2, -0.15) is 0 Å². The third kappa shape index (κ3) is 2.07. The molecule has 0 radical (unpaired) electrons. The summed E-state index contributed by atoms with van der Waals surface area (Å²) in [4.78, 5) is 13.6. The molecular formula is C10H18N2O2. The van der Waals surface area contributed by atoms with E-state index in [4.69, 9.17) is 5.73 Å². The summed E-state index contributed by atoms with van der Waals surface area (Å²) in [6.45, 7) is 1.89. The highest BCUT2D eigenvalue weighted by Crippen LogP contribution is 2.33. The first kappa shape index (κ1) is 9.93. The minimum Gasteiger partial charge on any atom is -0.469 e.